The van der Waals surface area contributed by atoms with Gasteiger partial charge < -0.3 is 10.6 Å². The fourth-order valence-corrected chi connectivity index (χ4v) is 2.43. The van der Waals surface area contributed by atoms with Gasteiger partial charge in [-0.1, -0.05) is 34.6 Å². The SMILES string of the molecule is CC1CCNC(C)C1NC(=O)CC(C)C(C)(C)C.Cl. The Morgan fingerprint density at radius 3 is 2.42 bits per heavy atom. The van der Waals surface area contributed by atoms with E-state index in [9.17, 15) is 4.79 Å². The summed E-state index contributed by atoms with van der Waals surface area (Å²) in [6, 6.07) is 0.654. The summed E-state index contributed by atoms with van der Waals surface area (Å²) in [4.78, 5) is 12.1. The van der Waals surface area contributed by atoms with Crippen molar-refractivity contribution in [1.29, 1.82) is 0 Å². The summed E-state index contributed by atoms with van der Waals surface area (Å²) in [6.45, 7) is 14.2. The zero-order valence-electron chi connectivity index (χ0n) is 13.2. The minimum atomic E-state index is 0. The maximum atomic E-state index is 12.1. The molecular formula is C15H31ClN2O. The van der Waals surface area contributed by atoms with Crippen LogP contribution in [0.2, 0.25) is 0 Å². The van der Waals surface area contributed by atoms with Gasteiger partial charge in [0.2, 0.25) is 5.91 Å². The second-order valence-corrected chi connectivity index (χ2v) is 7.07. The molecule has 0 spiro atoms. The number of piperidine rings is 1. The molecule has 0 aromatic carbocycles. The smallest absolute Gasteiger partial charge is 0.220 e. The van der Waals surface area contributed by atoms with Crippen LogP contribution in [0, 0.1) is 17.3 Å². The molecule has 0 saturated carbocycles. The number of carbonyl (C=O) groups is 1. The van der Waals surface area contributed by atoms with Gasteiger partial charge in [0.25, 0.3) is 0 Å². The minimum absolute atomic E-state index is 0. The predicted octanol–water partition coefficient (Wildman–Crippen LogP) is 2.98. The second-order valence-electron chi connectivity index (χ2n) is 7.07. The Labute approximate surface area is 124 Å². The van der Waals surface area contributed by atoms with Gasteiger partial charge in [-0.2, -0.15) is 0 Å². The zero-order chi connectivity index (χ0) is 13.9. The number of amides is 1. The zero-order valence-corrected chi connectivity index (χ0v) is 14.1. The molecule has 0 radical (unpaired) electrons. The molecule has 1 aliphatic heterocycles. The highest BCUT2D eigenvalue weighted by Crippen LogP contribution is 2.28. The standard InChI is InChI=1S/C15H30N2O.ClH/c1-10-7-8-16-12(3)14(10)17-13(18)9-11(2)15(4,5)6;/h10-12,14,16H,7-9H2,1-6H3,(H,17,18);1H. The lowest BCUT2D eigenvalue weighted by molar-refractivity contribution is -0.124. The number of hydrogen-bond donors (Lipinski definition) is 2. The Hall–Kier alpha value is -0.280. The van der Waals surface area contributed by atoms with Crippen LogP contribution in [0.4, 0.5) is 0 Å². The third-order valence-electron chi connectivity index (χ3n) is 4.52. The van der Waals surface area contributed by atoms with Gasteiger partial charge in [0.05, 0.1) is 0 Å². The lowest BCUT2D eigenvalue weighted by Gasteiger charge is -2.36. The summed E-state index contributed by atoms with van der Waals surface area (Å²) in [5.41, 5.74) is 0.194. The van der Waals surface area contributed by atoms with Crippen molar-refractivity contribution in [2.75, 3.05) is 6.54 Å². The summed E-state index contributed by atoms with van der Waals surface area (Å²) in [7, 11) is 0. The largest absolute Gasteiger partial charge is 0.352 e. The monoisotopic (exact) mass is 290 g/mol. The number of halogens is 1. The van der Waals surface area contributed by atoms with Crippen molar-refractivity contribution in [3.63, 3.8) is 0 Å². The molecule has 2 N–H and O–H groups in total. The van der Waals surface area contributed by atoms with Crippen molar-refractivity contribution in [2.24, 2.45) is 17.3 Å². The Balaban J connectivity index is 0.00000324. The molecule has 0 aromatic heterocycles. The van der Waals surface area contributed by atoms with E-state index < -0.39 is 0 Å². The summed E-state index contributed by atoms with van der Waals surface area (Å²) in [5.74, 6) is 1.17. The molecule has 3 nitrogen and oxygen atoms in total. The molecule has 19 heavy (non-hydrogen) atoms. The molecule has 1 heterocycles. The van der Waals surface area contributed by atoms with Gasteiger partial charge in [0, 0.05) is 18.5 Å². The highest BCUT2D eigenvalue weighted by atomic mass is 35.5. The summed E-state index contributed by atoms with van der Waals surface area (Å²) >= 11 is 0. The van der Waals surface area contributed by atoms with E-state index in [0.29, 0.717) is 24.3 Å². The lowest BCUT2D eigenvalue weighted by atomic mass is 9.80. The van der Waals surface area contributed by atoms with E-state index in [1.165, 1.54) is 0 Å². The normalized spacial score (nSPS) is 29.3. The average Bonchev–Trinajstić information content (AvgIpc) is 2.22. The van der Waals surface area contributed by atoms with Gasteiger partial charge in [-0.05, 0) is 37.1 Å². The molecule has 0 aliphatic carbocycles. The first kappa shape index (κ1) is 18.7. The first-order valence-corrected chi connectivity index (χ1v) is 7.24. The molecule has 4 unspecified atom stereocenters. The number of nitrogens with one attached hydrogen (secondary N) is 2. The van der Waals surface area contributed by atoms with Gasteiger partial charge in [0.15, 0.2) is 0 Å². The van der Waals surface area contributed by atoms with Crippen molar-refractivity contribution in [2.45, 2.75) is 66.5 Å². The highest BCUT2D eigenvalue weighted by Gasteiger charge is 2.30. The number of hydrogen-bond acceptors (Lipinski definition) is 2. The molecule has 1 rings (SSSR count). The van der Waals surface area contributed by atoms with Gasteiger partial charge >= 0.3 is 0 Å². The fourth-order valence-electron chi connectivity index (χ4n) is 2.43. The maximum Gasteiger partial charge on any atom is 0.220 e. The summed E-state index contributed by atoms with van der Waals surface area (Å²) in [6.07, 6.45) is 1.77. The Bertz CT molecular complexity index is 278. The van der Waals surface area contributed by atoms with Crippen LogP contribution in [-0.4, -0.2) is 24.5 Å². The quantitative estimate of drug-likeness (QED) is 0.839. The van der Waals surface area contributed by atoms with Crippen molar-refractivity contribution in [3.05, 3.63) is 0 Å². The number of rotatable bonds is 3. The van der Waals surface area contributed by atoms with Crippen LogP contribution in [0.15, 0.2) is 0 Å². The Morgan fingerprint density at radius 1 is 1.37 bits per heavy atom. The number of carbonyl (C=O) groups excluding carboxylic acids is 1. The van der Waals surface area contributed by atoms with E-state index in [2.05, 4.69) is 52.2 Å². The molecule has 4 atom stereocenters. The van der Waals surface area contributed by atoms with E-state index in [1.54, 1.807) is 0 Å². The fraction of sp³-hybridized carbons (Fsp3) is 0.933. The van der Waals surface area contributed by atoms with Crippen molar-refractivity contribution in [3.8, 4) is 0 Å². The van der Waals surface area contributed by atoms with Crippen LogP contribution < -0.4 is 10.6 Å². The van der Waals surface area contributed by atoms with E-state index >= 15 is 0 Å². The molecule has 0 bridgehead atoms. The molecule has 1 amide bonds. The molecular weight excluding hydrogens is 260 g/mol. The van der Waals surface area contributed by atoms with Crippen LogP contribution in [0.5, 0.6) is 0 Å². The van der Waals surface area contributed by atoms with Crippen LogP contribution >= 0.6 is 12.4 Å². The first-order chi connectivity index (χ1) is 8.21. The van der Waals surface area contributed by atoms with E-state index in [0.717, 1.165) is 13.0 Å². The minimum Gasteiger partial charge on any atom is -0.352 e. The van der Waals surface area contributed by atoms with Crippen LogP contribution in [0.3, 0.4) is 0 Å². The van der Waals surface area contributed by atoms with Crippen LogP contribution in [-0.2, 0) is 4.79 Å². The van der Waals surface area contributed by atoms with Crippen LogP contribution in [0.25, 0.3) is 0 Å². The third kappa shape index (κ3) is 5.70. The molecule has 1 aliphatic rings. The van der Waals surface area contributed by atoms with Gasteiger partial charge in [-0.15, -0.1) is 12.4 Å². The molecule has 1 fully saturated rings. The lowest BCUT2D eigenvalue weighted by Crippen LogP contribution is -2.56. The van der Waals surface area contributed by atoms with Crippen molar-refractivity contribution < 1.29 is 4.79 Å². The molecule has 0 aromatic rings. The Kier molecular flexibility index (Phi) is 7.38. The maximum absolute atomic E-state index is 12.1. The summed E-state index contributed by atoms with van der Waals surface area (Å²) in [5, 5.41) is 6.66. The van der Waals surface area contributed by atoms with E-state index in [4.69, 9.17) is 0 Å². The van der Waals surface area contributed by atoms with Gasteiger partial charge in [0.1, 0.15) is 0 Å². The van der Waals surface area contributed by atoms with Gasteiger partial charge in [-0.3, -0.25) is 4.79 Å². The van der Waals surface area contributed by atoms with Crippen molar-refractivity contribution in [1.82, 2.24) is 10.6 Å². The average molecular weight is 291 g/mol. The topological polar surface area (TPSA) is 41.1 Å². The van der Waals surface area contributed by atoms with E-state index in [1.807, 2.05) is 0 Å². The third-order valence-corrected chi connectivity index (χ3v) is 4.52. The second kappa shape index (κ2) is 7.49. The molecule has 4 heteroatoms. The van der Waals surface area contributed by atoms with Crippen LogP contribution in [0.1, 0.15) is 54.4 Å². The summed E-state index contributed by atoms with van der Waals surface area (Å²) < 4.78 is 0. The van der Waals surface area contributed by atoms with Gasteiger partial charge in [-0.25, -0.2) is 0 Å². The molecule has 1 saturated heterocycles. The predicted molar refractivity (Wildman–Crippen MR) is 83.7 cm³/mol. The Morgan fingerprint density at radius 2 is 1.95 bits per heavy atom. The first-order valence-electron chi connectivity index (χ1n) is 7.24. The van der Waals surface area contributed by atoms with E-state index in [-0.39, 0.29) is 29.8 Å². The van der Waals surface area contributed by atoms with Crippen molar-refractivity contribution >= 4 is 18.3 Å². The molecule has 114 valence electrons. The highest BCUT2D eigenvalue weighted by molar-refractivity contribution is 5.85.